The van der Waals surface area contributed by atoms with Gasteiger partial charge in [0.2, 0.25) is 0 Å². The highest BCUT2D eigenvalue weighted by Gasteiger charge is 2.10. The minimum absolute atomic E-state index is 0.472. The Labute approximate surface area is 129 Å². The molecule has 0 spiro atoms. The molecule has 0 N–H and O–H groups in total. The maximum atomic E-state index is 6.01. The zero-order chi connectivity index (χ0) is 14.7. The highest BCUT2D eigenvalue weighted by molar-refractivity contribution is 6.18. The zero-order valence-corrected chi connectivity index (χ0v) is 12.6. The minimum Gasteiger partial charge on any atom is -0.355 e. The number of pyridine rings is 2. The summed E-state index contributed by atoms with van der Waals surface area (Å²) >= 11 is 6.01. The maximum absolute atomic E-state index is 6.01. The van der Waals surface area contributed by atoms with E-state index in [0.717, 1.165) is 34.3 Å². The van der Waals surface area contributed by atoms with Crippen molar-refractivity contribution in [1.82, 2.24) is 9.97 Å². The van der Waals surface area contributed by atoms with Crippen molar-refractivity contribution in [3.05, 3.63) is 66.1 Å². The molecule has 21 heavy (non-hydrogen) atoms. The fourth-order valence-electron chi connectivity index (χ4n) is 2.49. The summed E-state index contributed by atoms with van der Waals surface area (Å²) in [5, 5.41) is 2.29. The largest absolute Gasteiger partial charge is 0.355 e. The number of benzene rings is 1. The number of halogens is 1. The lowest BCUT2D eigenvalue weighted by Crippen LogP contribution is -2.18. The molecule has 4 heteroatoms. The van der Waals surface area contributed by atoms with Crippen molar-refractivity contribution in [2.75, 3.05) is 11.9 Å². The van der Waals surface area contributed by atoms with Gasteiger partial charge in [-0.1, -0.05) is 30.3 Å². The molecule has 0 saturated carbocycles. The third kappa shape index (κ3) is 2.83. The molecule has 3 rings (SSSR count). The fraction of sp³-hybridized carbons (Fsp3) is 0.176. The molecule has 1 aromatic carbocycles. The number of anilines is 1. The lowest BCUT2D eigenvalue weighted by molar-refractivity contribution is 0.897. The van der Waals surface area contributed by atoms with Gasteiger partial charge in [0.15, 0.2) is 0 Å². The monoisotopic (exact) mass is 297 g/mol. The van der Waals surface area contributed by atoms with Crippen molar-refractivity contribution >= 4 is 28.2 Å². The Morgan fingerprint density at radius 2 is 1.86 bits per heavy atom. The van der Waals surface area contributed by atoms with Crippen LogP contribution in [0.2, 0.25) is 0 Å². The number of hydrogen-bond donors (Lipinski definition) is 0. The summed E-state index contributed by atoms with van der Waals surface area (Å²) in [5.41, 5.74) is 2.22. The van der Waals surface area contributed by atoms with Gasteiger partial charge in [-0.15, -0.1) is 11.6 Å². The van der Waals surface area contributed by atoms with Crippen LogP contribution in [0.15, 0.2) is 55.0 Å². The number of nitrogens with zero attached hydrogens (tertiary/aromatic N) is 3. The summed E-state index contributed by atoms with van der Waals surface area (Å²) in [6.07, 6.45) is 5.53. The van der Waals surface area contributed by atoms with E-state index in [1.165, 1.54) is 0 Å². The first-order chi connectivity index (χ1) is 10.3. The van der Waals surface area contributed by atoms with Crippen LogP contribution in [0.4, 0.5) is 5.82 Å². The number of aromatic nitrogens is 2. The van der Waals surface area contributed by atoms with Gasteiger partial charge in [0.25, 0.3) is 0 Å². The molecular formula is C17H16ClN3. The maximum Gasteiger partial charge on any atom is 0.136 e. The zero-order valence-electron chi connectivity index (χ0n) is 11.8. The number of hydrogen-bond acceptors (Lipinski definition) is 3. The van der Waals surface area contributed by atoms with Crippen LogP contribution < -0.4 is 4.90 Å². The van der Waals surface area contributed by atoms with Crippen LogP contribution in [0, 0.1) is 0 Å². The first kappa shape index (κ1) is 13.8. The van der Waals surface area contributed by atoms with Crippen molar-refractivity contribution in [2.24, 2.45) is 0 Å². The Morgan fingerprint density at radius 3 is 2.57 bits per heavy atom. The van der Waals surface area contributed by atoms with Crippen LogP contribution in [0.5, 0.6) is 0 Å². The van der Waals surface area contributed by atoms with E-state index in [1.807, 2.05) is 37.6 Å². The highest BCUT2D eigenvalue weighted by Crippen LogP contribution is 2.28. The first-order valence-electron chi connectivity index (χ1n) is 6.82. The first-order valence-corrected chi connectivity index (χ1v) is 7.35. The lowest BCUT2D eigenvalue weighted by atomic mass is 10.1. The normalized spacial score (nSPS) is 10.8. The SMILES string of the molecule is CN(Cc1cccnc1)c1ncc(CCl)c2ccccc12. The Bertz CT molecular complexity index is 743. The third-order valence-corrected chi connectivity index (χ3v) is 3.79. The molecule has 0 aliphatic rings. The molecule has 2 aromatic heterocycles. The van der Waals surface area contributed by atoms with Gasteiger partial charge in [0.1, 0.15) is 5.82 Å². The fourth-order valence-corrected chi connectivity index (χ4v) is 2.70. The van der Waals surface area contributed by atoms with E-state index in [-0.39, 0.29) is 0 Å². The Balaban J connectivity index is 2.00. The van der Waals surface area contributed by atoms with Crippen LogP contribution in [0.25, 0.3) is 10.8 Å². The van der Waals surface area contributed by atoms with Crippen molar-refractivity contribution in [2.45, 2.75) is 12.4 Å². The molecule has 3 nitrogen and oxygen atoms in total. The van der Waals surface area contributed by atoms with Gasteiger partial charge in [-0.25, -0.2) is 4.98 Å². The van der Waals surface area contributed by atoms with E-state index in [9.17, 15) is 0 Å². The van der Waals surface area contributed by atoms with Crippen LogP contribution in [0.1, 0.15) is 11.1 Å². The Morgan fingerprint density at radius 1 is 1.05 bits per heavy atom. The lowest BCUT2D eigenvalue weighted by Gasteiger charge is -2.20. The molecule has 0 saturated heterocycles. The molecule has 2 heterocycles. The van der Waals surface area contributed by atoms with Crippen molar-refractivity contribution < 1.29 is 0 Å². The molecule has 0 fully saturated rings. The summed E-state index contributed by atoms with van der Waals surface area (Å²) < 4.78 is 0. The second kappa shape index (κ2) is 6.10. The second-order valence-corrected chi connectivity index (χ2v) is 5.27. The predicted molar refractivity (Wildman–Crippen MR) is 87.6 cm³/mol. The summed E-state index contributed by atoms with van der Waals surface area (Å²) in [6.45, 7) is 0.769. The summed E-state index contributed by atoms with van der Waals surface area (Å²) in [5.74, 6) is 1.43. The summed E-state index contributed by atoms with van der Waals surface area (Å²) in [6, 6.07) is 12.3. The van der Waals surface area contributed by atoms with Crippen molar-refractivity contribution in [1.29, 1.82) is 0 Å². The van der Waals surface area contributed by atoms with Gasteiger partial charge in [0.05, 0.1) is 0 Å². The molecule has 106 valence electrons. The smallest absolute Gasteiger partial charge is 0.136 e. The molecule has 0 unspecified atom stereocenters. The number of fused-ring (bicyclic) bond motifs is 1. The van der Waals surface area contributed by atoms with Crippen LogP contribution in [0.3, 0.4) is 0 Å². The van der Waals surface area contributed by atoms with Crippen LogP contribution in [-0.4, -0.2) is 17.0 Å². The highest BCUT2D eigenvalue weighted by atomic mass is 35.5. The van der Waals surface area contributed by atoms with Crippen molar-refractivity contribution in [3.63, 3.8) is 0 Å². The molecule has 0 radical (unpaired) electrons. The van der Waals surface area contributed by atoms with E-state index < -0.39 is 0 Å². The topological polar surface area (TPSA) is 29.0 Å². The van der Waals surface area contributed by atoms with Gasteiger partial charge in [-0.3, -0.25) is 4.98 Å². The van der Waals surface area contributed by atoms with Crippen LogP contribution in [-0.2, 0) is 12.4 Å². The molecule has 0 bridgehead atoms. The predicted octanol–water partition coefficient (Wildman–Crippen LogP) is 4.01. The van der Waals surface area contributed by atoms with Gasteiger partial charge in [-0.05, 0) is 22.6 Å². The molecule has 0 atom stereocenters. The average Bonchev–Trinajstić information content (AvgIpc) is 2.54. The van der Waals surface area contributed by atoms with Gasteiger partial charge < -0.3 is 4.90 Å². The van der Waals surface area contributed by atoms with Crippen LogP contribution >= 0.6 is 11.6 Å². The molecule has 0 amide bonds. The van der Waals surface area contributed by atoms with E-state index >= 15 is 0 Å². The number of alkyl halides is 1. The quantitative estimate of drug-likeness (QED) is 0.682. The summed E-state index contributed by atoms with van der Waals surface area (Å²) in [7, 11) is 2.04. The van der Waals surface area contributed by atoms with Crippen molar-refractivity contribution in [3.8, 4) is 0 Å². The van der Waals surface area contributed by atoms with E-state index in [2.05, 4.69) is 33.1 Å². The van der Waals surface area contributed by atoms with Gasteiger partial charge >= 0.3 is 0 Å². The third-order valence-electron chi connectivity index (χ3n) is 3.50. The average molecular weight is 298 g/mol. The second-order valence-electron chi connectivity index (χ2n) is 5.00. The Kier molecular flexibility index (Phi) is 4.02. The van der Waals surface area contributed by atoms with E-state index in [0.29, 0.717) is 5.88 Å². The molecule has 0 aliphatic heterocycles. The summed E-state index contributed by atoms with van der Waals surface area (Å²) in [4.78, 5) is 10.9. The molecular weight excluding hydrogens is 282 g/mol. The van der Waals surface area contributed by atoms with E-state index in [1.54, 1.807) is 6.20 Å². The standard InChI is InChI=1S/C17H16ClN3/c1-21(12-13-5-4-8-19-10-13)17-16-7-3-2-6-15(16)14(9-18)11-20-17/h2-8,10-11H,9,12H2,1H3. The van der Waals surface area contributed by atoms with Gasteiger partial charge in [0, 0.05) is 43.4 Å². The molecule has 3 aromatic rings. The van der Waals surface area contributed by atoms with Gasteiger partial charge in [-0.2, -0.15) is 0 Å². The van der Waals surface area contributed by atoms with E-state index in [4.69, 9.17) is 11.6 Å². The number of rotatable bonds is 4. The minimum atomic E-state index is 0.472. The Hall–Kier alpha value is -2.13. The molecule has 0 aliphatic carbocycles.